The maximum Gasteiger partial charge on any atom is 0.127 e. The predicted molar refractivity (Wildman–Crippen MR) is 72.2 cm³/mol. The van der Waals surface area contributed by atoms with E-state index in [1.165, 1.54) is 11.1 Å². The molecule has 18 heavy (non-hydrogen) atoms. The van der Waals surface area contributed by atoms with Crippen molar-refractivity contribution in [1.29, 1.82) is 0 Å². The fourth-order valence-corrected chi connectivity index (χ4v) is 3.03. The van der Waals surface area contributed by atoms with Crippen LogP contribution < -0.4 is 10.1 Å². The van der Waals surface area contributed by atoms with E-state index in [2.05, 4.69) is 23.0 Å². The van der Waals surface area contributed by atoms with Gasteiger partial charge < -0.3 is 15.2 Å². The van der Waals surface area contributed by atoms with E-state index in [9.17, 15) is 5.11 Å². The minimum Gasteiger partial charge on any atom is -0.508 e. The average molecular weight is 261 g/mol. The van der Waals surface area contributed by atoms with Crippen molar-refractivity contribution in [2.24, 2.45) is 0 Å². The Hall–Kier alpha value is -1.52. The van der Waals surface area contributed by atoms with E-state index < -0.39 is 0 Å². The number of hydrogen-bond donors (Lipinski definition) is 2. The Morgan fingerprint density at radius 3 is 3.11 bits per heavy atom. The number of phenols is 1. The Bertz CT molecular complexity index is 565. The van der Waals surface area contributed by atoms with E-state index >= 15 is 0 Å². The summed E-state index contributed by atoms with van der Waals surface area (Å²) in [4.78, 5) is 0. The van der Waals surface area contributed by atoms with Crippen molar-refractivity contribution >= 4 is 11.3 Å². The summed E-state index contributed by atoms with van der Waals surface area (Å²) in [6.45, 7) is 3.61. The number of aryl methyl sites for hydroxylation is 1. The molecule has 1 atom stereocenters. The Labute approximate surface area is 110 Å². The molecule has 1 aliphatic heterocycles. The lowest BCUT2D eigenvalue weighted by molar-refractivity contribution is 0.309. The molecule has 94 valence electrons. The van der Waals surface area contributed by atoms with Crippen LogP contribution in [0.2, 0.25) is 0 Å². The summed E-state index contributed by atoms with van der Waals surface area (Å²) >= 11 is 1.73. The Morgan fingerprint density at radius 1 is 1.44 bits per heavy atom. The van der Waals surface area contributed by atoms with Crippen LogP contribution in [-0.2, 0) is 6.54 Å². The number of aromatic hydroxyl groups is 1. The highest BCUT2D eigenvalue weighted by Crippen LogP contribution is 2.35. The van der Waals surface area contributed by atoms with Crippen LogP contribution in [-0.4, -0.2) is 11.7 Å². The molecule has 0 saturated heterocycles. The smallest absolute Gasteiger partial charge is 0.127 e. The highest BCUT2D eigenvalue weighted by molar-refractivity contribution is 7.08. The maximum absolute atomic E-state index is 9.40. The van der Waals surface area contributed by atoms with Crippen LogP contribution in [0.4, 0.5) is 0 Å². The van der Waals surface area contributed by atoms with Crippen molar-refractivity contribution in [3.05, 3.63) is 45.6 Å². The van der Waals surface area contributed by atoms with Gasteiger partial charge in [-0.2, -0.15) is 11.3 Å². The molecule has 0 fully saturated rings. The maximum atomic E-state index is 9.40. The van der Waals surface area contributed by atoms with Gasteiger partial charge in [-0.1, -0.05) is 0 Å². The largest absolute Gasteiger partial charge is 0.508 e. The van der Waals surface area contributed by atoms with Gasteiger partial charge in [-0.25, -0.2) is 0 Å². The Kier molecular flexibility index (Phi) is 2.97. The second kappa shape index (κ2) is 4.63. The highest BCUT2D eigenvalue weighted by Gasteiger charge is 2.23. The molecule has 0 aliphatic carbocycles. The summed E-state index contributed by atoms with van der Waals surface area (Å²) < 4.78 is 5.57. The quantitative estimate of drug-likeness (QED) is 0.892. The molecular weight excluding hydrogens is 246 g/mol. The number of hydrogen-bond acceptors (Lipinski definition) is 4. The summed E-state index contributed by atoms with van der Waals surface area (Å²) in [5.41, 5.74) is 3.80. The van der Waals surface area contributed by atoms with E-state index in [1.54, 1.807) is 23.5 Å². The number of fused-ring (bicyclic) bond motifs is 1. The van der Waals surface area contributed by atoms with Gasteiger partial charge in [-0.15, -0.1) is 0 Å². The van der Waals surface area contributed by atoms with Gasteiger partial charge in [0.2, 0.25) is 0 Å². The van der Waals surface area contributed by atoms with Gasteiger partial charge in [0.1, 0.15) is 18.1 Å². The fraction of sp³-hybridized carbons (Fsp3) is 0.286. The number of nitrogens with one attached hydrogen (secondary N) is 1. The molecule has 0 bridgehead atoms. The lowest BCUT2D eigenvalue weighted by Crippen LogP contribution is -2.22. The van der Waals surface area contributed by atoms with Crippen molar-refractivity contribution in [2.45, 2.75) is 19.5 Å². The molecule has 2 N–H and O–H groups in total. The first kappa shape index (κ1) is 11.6. The van der Waals surface area contributed by atoms with Gasteiger partial charge in [0, 0.05) is 18.2 Å². The highest BCUT2D eigenvalue weighted by atomic mass is 32.1. The van der Waals surface area contributed by atoms with Crippen LogP contribution in [0.15, 0.2) is 29.0 Å². The molecule has 3 nitrogen and oxygen atoms in total. The molecule has 0 amide bonds. The zero-order valence-electron chi connectivity index (χ0n) is 10.1. The van der Waals surface area contributed by atoms with Gasteiger partial charge in [0.15, 0.2) is 0 Å². The van der Waals surface area contributed by atoms with E-state index in [0.717, 1.165) is 17.9 Å². The number of benzene rings is 1. The van der Waals surface area contributed by atoms with Crippen molar-refractivity contribution in [1.82, 2.24) is 5.32 Å². The molecule has 0 spiro atoms. The number of phenolic OH excluding ortho intramolecular Hbond substituents is 1. The van der Waals surface area contributed by atoms with Crippen molar-refractivity contribution in [3.63, 3.8) is 0 Å². The van der Waals surface area contributed by atoms with Gasteiger partial charge in [0.05, 0.1) is 6.04 Å². The lowest BCUT2D eigenvalue weighted by atomic mass is 10.1. The monoisotopic (exact) mass is 261 g/mol. The molecule has 1 aliphatic rings. The standard InChI is InChI=1S/C14H15NO2S/c1-9-7-18-8-10(9)5-15-13-6-17-14-4-11(16)2-3-12(13)14/h2-4,7-8,13,15-16H,5-6H2,1H3. The van der Waals surface area contributed by atoms with Crippen LogP contribution in [0.5, 0.6) is 11.5 Å². The van der Waals surface area contributed by atoms with E-state index in [-0.39, 0.29) is 11.8 Å². The van der Waals surface area contributed by atoms with Crippen LogP contribution >= 0.6 is 11.3 Å². The van der Waals surface area contributed by atoms with Gasteiger partial charge in [-0.3, -0.25) is 0 Å². The molecule has 0 radical (unpaired) electrons. The Morgan fingerprint density at radius 2 is 2.33 bits per heavy atom. The molecule has 0 saturated carbocycles. The van der Waals surface area contributed by atoms with Crippen LogP contribution in [0.3, 0.4) is 0 Å². The molecule has 2 heterocycles. The first-order chi connectivity index (χ1) is 8.74. The first-order valence-electron chi connectivity index (χ1n) is 5.95. The number of ether oxygens (including phenoxy) is 1. The molecule has 1 aromatic carbocycles. The second-order valence-electron chi connectivity index (χ2n) is 4.55. The van der Waals surface area contributed by atoms with E-state index in [1.807, 2.05) is 6.07 Å². The van der Waals surface area contributed by atoms with Crippen LogP contribution in [0.25, 0.3) is 0 Å². The van der Waals surface area contributed by atoms with E-state index in [4.69, 9.17) is 4.74 Å². The number of thiophene rings is 1. The Balaban J connectivity index is 1.71. The molecule has 4 heteroatoms. The normalized spacial score (nSPS) is 17.5. The molecule has 3 rings (SSSR count). The van der Waals surface area contributed by atoms with Crippen LogP contribution in [0, 0.1) is 6.92 Å². The molecule has 2 aromatic rings. The summed E-state index contributed by atoms with van der Waals surface area (Å²) in [5, 5.41) is 17.2. The minimum absolute atomic E-state index is 0.208. The van der Waals surface area contributed by atoms with Crippen LogP contribution in [0.1, 0.15) is 22.7 Å². The lowest BCUT2D eigenvalue weighted by Gasteiger charge is -2.11. The average Bonchev–Trinajstić information content (AvgIpc) is 2.93. The van der Waals surface area contributed by atoms with Crippen molar-refractivity contribution in [2.75, 3.05) is 6.61 Å². The molecular formula is C14H15NO2S. The minimum atomic E-state index is 0.208. The number of rotatable bonds is 3. The predicted octanol–water partition coefficient (Wildman–Crippen LogP) is 2.99. The van der Waals surface area contributed by atoms with Crippen molar-refractivity contribution < 1.29 is 9.84 Å². The van der Waals surface area contributed by atoms with Gasteiger partial charge >= 0.3 is 0 Å². The zero-order valence-corrected chi connectivity index (χ0v) is 11.0. The third kappa shape index (κ3) is 2.09. The van der Waals surface area contributed by atoms with Gasteiger partial charge in [-0.05, 0) is 40.9 Å². The summed E-state index contributed by atoms with van der Waals surface area (Å²) in [6, 6.07) is 5.51. The third-order valence-corrected chi connectivity index (χ3v) is 4.19. The summed E-state index contributed by atoms with van der Waals surface area (Å²) in [7, 11) is 0. The SMILES string of the molecule is Cc1cscc1CNC1COc2cc(O)ccc21. The van der Waals surface area contributed by atoms with Crippen molar-refractivity contribution in [3.8, 4) is 11.5 Å². The first-order valence-corrected chi connectivity index (χ1v) is 6.89. The summed E-state index contributed by atoms with van der Waals surface area (Å²) in [6.07, 6.45) is 0. The zero-order chi connectivity index (χ0) is 12.5. The third-order valence-electron chi connectivity index (χ3n) is 3.28. The molecule has 1 aromatic heterocycles. The second-order valence-corrected chi connectivity index (χ2v) is 5.29. The molecule has 1 unspecified atom stereocenters. The summed E-state index contributed by atoms with van der Waals surface area (Å²) in [5.74, 6) is 1.04. The topological polar surface area (TPSA) is 41.5 Å². The fourth-order valence-electron chi connectivity index (χ4n) is 2.17. The van der Waals surface area contributed by atoms with E-state index in [0.29, 0.717) is 6.61 Å². The van der Waals surface area contributed by atoms with Gasteiger partial charge in [0.25, 0.3) is 0 Å².